The standard InChI is InChI=1S/C11H18N4S/c1-15(2)10-12-7-4-9(14-10)13-8-11(16-3)5-6-11/h4,7H,5-6,8H2,1-3H3,(H,12,13,14). The maximum atomic E-state index is 4.43. The van der Waals surface area contributed by atoms with Crippen molar-refractivity contribution in [2.75, 3.05) is 37.1 Å². The number of anilines is 2. The van der Waals surface area contributed by atoms with Gasteiger partial charge in [-0.15, -0.1) is 0 Å². The number of nitrogens with zero attached hydrogens (tertiary/aromatic N) is 3. The van der Waals surface area contributed by atoms with E-state index in [-0.39, 0.29) is 0 Å². The summed E-state index contributed by atoms with van der Waals surface area (Å²) in [5.74, 6) is 1.66. The van der Waals surface area contributed by atoms with Gasteiger partial charge in [-0.1, -0.05) is 0 Å². The Labute approximate surface area is 101 Å². The number of aromatic nitrogens is 2. The van der Waals surface area contributed by atoms with Gasteiger partial charge in [0, 0.05) is 31.6 Å². The first-order valence-electron chi connectivity index (χ1n) is 5.45. The lowest BCUT2D eigenvalue weighted by molar-refractivity contribution is 0.928. The summed E-state index contributed by atoms with van der Waals surface area (Å²) in [6, 6.07) is 1.92. The fraction of sp³-hybridized carbons (Fsp3) is 0.636. The van der Waals surface area contributed by atoms with E-state index in [1.807, 2.05) is 36.8 Å². The van der Waals surface area contributed by atoms with Crippen LogP contribution in [0, 0.1) is 0 Å². The topological polar surface area (TPSA) is 41.1 Å². The van der Waals surface area contributed by atoms with Gasteiger partial charge in [0.05, 0.1) is 0 Å². The van der Waals surface area contributed by atoms with E-state index in [9.17, 15) is 0 Å². The summed E-state index contributed by atoms with van der Waals surface area (Å²) in [6.45, 7) is 0.998. The third-order valence-corrected chi connectivity index (χ3v) is 4.29. The monoisotopic (exact) mass is 238 g/mol. The van der Waals surface area contributed by atoms with E-state index >= 15 is 0 Å². The summed E-state index contributed by atoms with van der Waals surface area (Å²) < 4.78 is 0.462. The average molecular weight is 238 g/mol. The van der Waals surface area contributed by atoms with E-state index < -0.39 is 0 Å². The van der Waals surface area contributed by atoms with Crippen molar-refractivity contribution < 1.29 is 0 Å². The minimum atomic E-state index is 0.462. The van der Waals surface area contributed by atoms with E-state index in [1.54, 1.807) is 6.20 Å². The molecule has 0 bridgehead atoms. The zero-order valence-electron chi connectivity index (χ0n) is 10.0. The second-order valence-corrected chi connectivity index (χ2v) is 5.65. The van der Waals surface area contributed by atoms with Crippen LogP contribution in [0.25, 0.3) is 0 Å². The molecule has 0 radical (unpaired) electrons. The predicted molar refractivity (Wildman–Crippen MR) is 70.3 cm³/mol. The van der Waals surface area contributed by atoms with Crippen LogP contribution < -0.4 is 10.2 Å². The molecule has 0 saturated heterocycles. The smallest absolute Gasteiger partial charge is 0.226 e. The van der Waals surface area contributed by atoms with E-state index in [0.717, 1.165) is 18.3 Å². The molecule has 0 aliphatic heterocycles. The van der Waals surface area contributed by atoms with Gasteiger partial charge in [0.1, 0.15) is 5.82 Å². The Morgan fingerprint density at radius 3 is 2.81 bits per heavy atom. The number of thioether (sulfide) groups is 1. The second kappa shape index (κ2) is 4.49. The highest BCUT2D eigenvalue weighted by Gasteiger charge is 2.41. The molecule has 0 spiro atoms. The number of rotatable bonds is 5. The van der Waals surface area contributed by atoms with Crippen LogP contribution in [0.5, 0.6) is 0 Å². The highest BCUT2D eigenvalue weighted by atomic mass is 32.2. The molecule has 0 unspecified atom stereocenters. The van der Waals surface area contributed by atoms with Crippen LogP contribution in [0.3, 0.4) is 0 Å². The van der Waals surface area contributed by atoms with Crippen molar-refractivity contribution >= 4 is 23.5 Å². The summed E-state index contributed by atoms with van der Waals surface area (Å²) in [5.41, 5.74) is 0. The van der Waals surface area contributed by atoms with Gasteiger partial charge in [0.2, 0.25) is 5.95 Å². The summed E-state index contributed by atoms with van der Waals surface area (Å²) in [4.78, 5) is 10.5. The molecule has 1 aliphatic rings. The zero-order valence-corrected chi connectivity index (χ0v) is 10.8. The average Bonchev–Trinajstić information content (AvgIpc) is 3.07. The van der Waals surface area contributed by atoms with Crippen LogP contribution in [0.2, 0.25) is 0 Å². The maximum absolute atomic E-state index is 4.43. The molecule has 4 nitrogen and oxygen atoms in total. The normalized spacial score (nSPS) is 16.9. The lowest BCUT2D eigenvalue weighted by Crippen LogP contribution is -2.19. The largest absolute Gasteiger partial charge is 0.369 e. The van der Waals surface area contributed by atoms with Gasteiger partial charge in [-0.25, -0.2) is 4.98 Å². The van der Waals surface area contributed by atoms with Gasteiger partial charge >= 0.3 is 0 Å². The molecule has 0 aromatic carbocycles. The molecule has 1 saturated carbocycles. The number of nitrogens with one attached hydrogen (secondary N) is 1. The molecule has 1 aromatic rings. The van der Waals surface area contributed by atoms with E-state index in [2.05, 4.69) is 21.5 Å². The van der Waals surface area contributed by atoms with Gasteiger partial charge in [-0.2, -0.15) is 16.7 Å². The number of hydrogen-bond acceptors (Lipinski definition) is 5. The van der Waals surface area contributed by atoms with Crippen LogP contribution in [-0.2, 0) is 0 Å². The van der Waals surface area contributed by atoms with Gasteiger partial charge in [-0.3, -0.25) is 0 Å². The molecule has 2 rings (SSSR count). The van der Waals surface area contributed by atoms with Gasteiger partial charge < -0.3 is 10.2 Å². The van der Waals surface area contributed by atoms with Crippen LogP contribution in [0.4, 0.5) is 11.8 Å². The molecule has 16 heavy (non-hydrogen) atoms. The van der Waals surface area contributed by atoms with Gasteiger partial charge in [0.25, 0.3) is 0 Å². The molecule has 1 aliphatic carbocycles. The third kappa shape index (κ3) is 2.58. The third-order valence-electron chi connectivity index (χ3n) is 2.88. The second-order valence-electron chi connectivity index (χ2n) is 4.38. The Morgan fingerprint density at radius 1 is 1.50 bits per heavy atom. The Balaban J connectivity index is 1.96. The van der Waals surface area contributed by atoms with Gasteiger partial charge in [0.15, 0.2) is 0 Å². The lowest BCUT2D eigenvalue weighted by Gasteiger charge is -2.15. The minimum Gasteiger partial charge on any atom is -0.369 e. The van der Waals surface area contributed by atoms with E-state index in [1.165, 1.54) is 12.8 Å². The molecule has 1 heterocycles. The van der Waals surface area contributed by atoms with Crippen LogP contribution in [-0.4, -0.2) is 41.6 Å². The Kier molecular flexibility index (Phi) is 3.23. The highest BCUT2D eigenvalue weighted by Crippen LogP contribution is 2.46. The summed E-state index contributed by atoms with van der Waals surface area (Å²) >= 11 is 1.95. The van der Waals surface area contributed by atoms with Crippen molar-refractivity contribution in [2.45, 2.75) is 17.6 Å². The van der Waals surface area contributed by atoms with Crippen LogP contribution in [0.15, 0.2) is 12.3 Å². The first-order valence-corrected chi connectivity index (χ1v) is 6.67. The quantitative estimate of drug-likeness (QED) is 0.848. The minimum absolute atomic E-state index is 0.462. The Morgan fingerprint density at radius 2 is 2.25 bits per heavy atom. The predicted octanol–water partition coefficient (Wildman–Crippen LogP) is 1.85. The van der Waals surface area contributed by atoms with Crippen molar-refractivity contribution in [3.8, 4) is 0 Å². The van der Waals surface area contributed by atoms with Crippen LogP contribution in [0.1, 0.15) is 12.8 Å². The highest BCUT2D eigenvalue weighted by molar-refractivity contribution is 8.00. The molecule has 5 heteroatoms. The molecule has 1 aromatic heterocycles. The van der Waals surface area contributed by atoms with Crippen molar-refractivity contribution in [3.05, 3.63) is 12.3 Å². The van der Waals surface area contributed by atoms with Crippen LogP contribution >= 0.6 is 11.8 Å². The first kappa shape index (κ1) is 11.5. The summed E-state index contributed by atoms with van der Waals surface area (Å²) in [6.07, 6.45) is 6.60. The van der Waals surface area contributed by atoms with Crippen molar-refractivity contribution in [1.29, 1.82) is 0 Å². The van der Waals surface area contributed by atoms with Crippen molar-refractivity contribution in [2.24, 2.45) is 0 Å². The van der Waals surface area contributed by atoms with E-state index in [4.69, 9.17) is 0 Å². The maximum Gasteiger partial charge on any atom is 0.226 e. The van der Waals surface area contributed by atoms with Gasteiger partial charge in [-0.05, 0) is 25.2 Å². The van der Waals surface area contributed by atoms with Crippen molar-refractivity contribution in [1.82, 2.24) is 9.97 Å². The molecular weight excluding hydrogens is 220 g/mol. The zero-order chi connectivity index (χ0) is 11.6. The van der Waals surface area contributed by atoms with E-state index in [0.29, 0.717) is 4.75 Å². The Hall–Kier alpha value is -0.970. The molecule has 1 N–H and O–H groups in total. The molecule has 1 fully saturated rings. The molecular formula is C11H18N4S. The fourth-order valence-electron chi connectivity index (χ4n) is 1.51. The summed E-state index contributed by atoms with van der Waals surface area (Å²) in [7, 11) is 3.90. The van der Waals surface area contributed by atoms with Crippen molar-refractivity contribution in [3.63, 3.8) is 0 Å². The SMILES string of the molecule is CSC1(CNc2ccnc(N(C)C)n2)CC1. The molecule has 0 atom stereocenters. The molecule has 0 amide bonds. The Bertz CT molecular complexity index is 363. The first-order chi connectivity index (χ1) is 7.65. The number of hydrogen-bond donors (Lipinski definition) is 1. The lowest BCUT2D eigenvalue weighted by atomic mass is 10.4. The molecule has 88 valence electrons. The fourth-order valence-corrected chi connectivity index (χ4v) is 2.23. The summed E-state index contributed by atoms with van der Waals surface area (Å²) in [5, 5.41) is 3.40.